The predicted molar refractivity (Wildman–Crippen MR) is 101 cm³/mol. The standard InChI is InChI=1S/C21H30O5/c1-3-4-7-11-18(22)13-14-21(25)16-19(23)15-17(21)10-8-5-6-9-12-20(24)26-2/h5,8,13-15,25H,3-4,6-7,9-12,16H2,1-2H3/b8-5-,14-13+/t21-/m0/s1. The first-order valence-electron chi connectivity index (χ1n) is 9.31. The minimum Gasteiger partial charge on any atom is -0.469 e. The third kappa shape index (κ3) is 7.91. The van der Waals surface area contributed by atoms with Crippen LogP contribution in [0.1, 0.15) is 64.7 Å². The molecule has 0 aliphatic heterocycles. The van der Waals surface area contributed by atoms with Gasteiger partial charge < -0.3 is 9.84 Å². The lowest BCUT2D eigenvalue weighted by Gasteiger charge is -2.21. The molecule has 0 aromatic rings. The maximum Gasteiger partial charge on any atom is 0.305 e. The quantitative estimate of drug-likeness (QED) is 0.248. The van der Waals surface area contributed by atoms with Crippen molar-refractivity contribution in [2.45, 2.75) is 70.3 Å². The van der Waals surface area contributed by atoms with Gasteiger partial charge in [0.15, 0.2) is 11.6 Å². The highest BCUT2D eigenvalue weighted by Gasteiger charge is 2.36. The molecule has 5 nitrogen and oxygen atoms in total. The molecule has 1 rings (SSSR count). The maximum atomic E-state index is 11.9. The van der Waals surface area contributed by atoms with E-state index in [1.807, 2.05) is 12.2 Å². The van der Waals surface area contributed by atoms with Crippen LogP contribution in [0, 0.1) is 0 Å². The second-order valence-corrected chi connectivity index (χ2v) is 6.64. The molecule has 0 fully saturated rings. The molecule has 0 spiro atoms. The van der Waals surface area contributed by atoms with Gasteiger partial charge in [0.1, 0.15) is 5.60 Å². The molecule has 5 heteroatoms. The molecule has 0 unspecified atom stereocenters. The van der Waals surface area contributed by atoms with Gasteiger partial charge in [0, 0.05) is 19.3 Å². The lowest BCUT2D eigenvalue weighted by molar-refractivity contribution is -0.140. The summed E-state index contributed by atoms with van der Waals surface area (Å²) in [5.41, 5.74) is -0.766. The van der Waals surface area contributed by atoms with Crippen molar-refractivity contribution in [3.63, 3.8) is 0 Å². The highest BCUT2D eigenvalue weighted by atomic mass is 16.5. The van der Waals surface area contributed by atoms with Crippen molar-refractivity contribution < 1.29 is 24.2 Å². The van der Waals surface area contributed by atoms with Gasteiger partial charge in [0.05, 0.1) is 7.11 Å². The number of allylic oxidation sites excluding steroid dienone is 4. The van der Waals surface area contributed by atoms with Gasteiger partial charge in [-0.15, -0.1) is 0 Å². The number of hydrogen-bond acceptors (Lipinski definition) is 5. The minimum atomic E-state index is -1.37. The zero-order chi connectivity index (χ0) is 19.4. The monoisotopic (exact) mass is 362 g/mol. The number of carbonyl (C=O) groups excluding carboxylic acids is 3. The summed E-state index contributed by atoms with van der Waals surface area (Å²) in [6, 6.07) is 0. The number of methoxy groups -OCH3 is 1. The molecule has 0 radical (unpaired) electrons. The van der Waals surface area contributed by atoms with Crippen LogP contribution in [0.4, 0.5) is 0 Å². The highest BCUT2D eigenvalue weighted by Crippen LogP contribution is 2.32. The lowest BCUT2D eigenvalue weighted by Crippen LogP contribution is -2.26. The molecular formula is C21H30O5. The molecule has 144 valence electrons. The number of unbranched alkanes of at least 4 members (excludes halogenated alkanes) is 3. The number of ether oxygens (including phenoxy) is 1. The van der Waals surface area contributed by atoms with Crippen molar-refractivity contribution in [2.75, 3.05) is 7.11 Å². The van der Waals surface area contributed by atoms with Gasteiger partial charge in [-0.05, 0) is 49.5 Å². The second kappa shape index (κ2) is 11.6. The fraction of sp³-hybridized carbons (Fsp3) is 0.571. The Morgan fingerprint density at radius 3 is 2.69 bits per heavy atom. The fourth-order valence-electron chi connectivity index (χ4n) is 2.81. The number of aliphatic hydroxyl groups is 1. The lowest BCUT2D eigenvalue weighted by atomic mass is 9.92. The van der Waals surface area contributed by atoms with Crippen molar-refractivity contribution in [1.29, 1.82) is 0 Å². The molecule has 0 bridgehead atoms. The van der Waals surface area contributed by atoms with Crippen LogP contribution in [0.25, 0.3) is 0 Å². The van der Waals surface area contributed by atoms with Crippen LogP contribution in [0.2, 0.25) is 0 Å². The van der Waals surface area contributed by atoms with Crippen molar-refractivity contribution in [1.82, 2.24) is 0 Å². The summed E-state index contributed by atoms with van der Waals surface area (Å²) >= 11 is 0. The van der Waals surface area contributed by atoms with Crippen LogP contribution in [-0.4, -0.2) is 35.4 Å². The van der Waals surface area contributed by atoms with E-state index in [1.165, 1.54) is 25.3 Å². The van der Waals surface area contributed by atoms with Crippen LogP contribution in [0.3, 0.4) is 0 Å². The van der Waals surface area contributed by atoms with Gasteiger partial charge in [-0.1, -0.05) is 31.9 Å². The summed E-state index contributed by atoms with van der Waals surface area (Å²) in [7, 11) is 1.37. The molecule has 0 saturated carbocycles. The van der Waals surface area contributed by atoms with Gasteiger partial charge in [0.25, 0.3) is 0 Å². The van der Waals surface area contributed by atoms with E-state index in [4.69, 9.17) is 0 Å². The Hall–Kier alpha value is -2.01. The molecule has 0 aromatic carbocycles. The number of rotatable bonds is 12. The Bertz CT molecular complexity index is 585. The summed E-state index contributed by atoms with van der Waals surface area (Å²) < 4.78 is 4.58. The Balaban J connectivity index is 2.52. The summed E-state index contributed by atoms with van der Waals surface area (Å²) in [5, 5.41) is 10.7. The van der Waals surface area contributed by atoms with Crippen LogP contribution in [-0.2, 0) is 19.1 Å². The number of esters is 1. The van der Waals surface area contributed by atoms with E-state index in [0.29, 0.717) is 31.3 Å². The van der Waals surface area contributed by atoms with Crippen LogP contribution in [0.15, 0.2) is 36.0 Å². The Morgan fingerprint density at radius 2 is 2.00 bits per heavy atom. The van der Waals surface area contributed by atoms with E-state index in [-0.39, 0.29) is 24.0 Å². The Morgan fingerprint density at radius 1 is 1.23 bits per heavy atom. The molecule has 1 aliphatic rings. The first-order valence-corrected chi connectivity index (χ1v) is 9.31. The number of ketones is 2. The molecule has 1 aliphatic carbocycles. The van der Waals surface area contributed by atoms with E-state index in [2.05, 4.69) is 11.7 Å². The summed E-state index contributed by atoms with van der Waals surface area (Å²) in [6.45, 7) is 2.08. The fourth-order valence-corrected chi connectivity index (χ4v) is 2.81. The average Bonchev–Trinajstić information content (AvgIpc) is 2.90. The summed E-state index contributed by atoms with van der Waals surface area (Å²) in [5.74, 6) is -0.390. The zero-order valence-corrected chi connectivity index (χ0v) is 15.8. The van der Waals surface area contributed by atoms with Crippen molar-refractivity contribution >= 4 is 17.5 Å². The zero-order valence-electron chi connectivity index (χ0n) is 15.8. The van der Waals surface area contributed by atoms with Crippen LogP contribution < -0.4 is 0 Å². The normalized spacial score (nSPS) is 20.1. The SMILES string of the molecule is CCCCCC(=O)/C=C/[C@]1(O)CC(=O)C=C1C/C=C\CCCC(=O)OC. The van der Waals surface area contributed by atoms with Gasteiger partial charge >= 0.3 is 5.97 Å². The molecule has 0 aromatic heterocycles. The first kappa shape index (κ1) is 22.0. The van der Waals surface area contributed by atoms with Gasteiger partial charge in [0.2, 0.25) is 0 Å². The average molecular weight is 362 g/mol. The minimum absolute atomic E-state index is 0.0166. The highest BCUT2D eigenvalue weighted by molar-refractivity contribution is 5.96. The maximum absolute atomic E-state index is 11.9. The van der Waals surface area contributed by atoms with Crippen LogP contribution >= 0.6 is 0 Å². The first-order chi connectivity index (χ1) is 12.4. The van der Waals surface area contributed by atoms with Gasteiger partial charge in [-0.3, -0.25) is 14.4 Å². The smallest absolute Gasteiger partial charge is 0.305 e. The van der Waals surface area contributed by atoms with Gasteiger partial charge in [-0.2, -0.15) is 0 Å². The summed E-state index contributed by atoms with van der Waals surface area (Å²) in [6.07, 6.45) is 13.7. The molecule has 26 heavy (non-hydrogen) atoms. The second-order valence-electron chi connectivity index (χ2n) is 6.64. The Labute approximate surface area is 155 Å². The molecule has 1 atom stereocenters. The van der Waals surface area contributed by atoms with Crippen molar-refractivity contribution in [2.24, 2.45) is 0 Å². The van der Waals surface area contributed by atoms with E-state index >= 15 is 0 Å². The third-order valence-corrected chi connectivity index (χ3v) is 4.39. The largest absolute Gasteiger partial charge is 0.469 e. The van der Waals surface area contributed by atoms with E-state index in [0.717, 1.165) is 25.7 Å². The van der Waals surface area contributed by atoms with E-state index < -0.39 is 5.60 Å². The van der Waals surface area contributed by atoms with Gasteiger partial charge in [-0.25, -0.2) is 0 Å². The molecule has 1 N–H and O–H groups in total. The predicted octanol–water partition coefficient (Wildman–Crippen LogP) is 3.61. The van der Waals surface area contributed by atoms with E-state index in [9.17, 15) is 19.5 Å². The molecular weight excluding hydrogens is 332 g/mol. The molecule has 0 saturated heterocycles. The van der Waals surface area contributed by atoms with Crippen molar-refractivity contribution in [3.05, 3.63) is 36.0 Å². The third-order valence-electron chi connectivity index (χ3n) is 4.39. The number of carbonyl (C=O) groups is 3. The summed E-state index contributed by atoms with van der Waals surface area (Å²) in [4.78, 5) is 34.6. The van der Waals surface area contributed by atoms with E-state index in [1.54, 1.807) is 0 Å². The Kier molecular flexibility index (Phi) is 9.81. The van der Waals surface area contributed by atoms with Crippen LogP contribution in [0.5, 0.6) is 0 Å². The van der Waals surface area contributed by atoms with Crippen molar-refractivity contribution in [3.8, 4) is 0 Å². The molecule has 0 heterocycles. The molecule has 0 amide bonds. The topological polar surface area (TPSA) is 80.7 Å². The number of hydrogen-bond donors (Lipinski definition) is 1.